The van der Waals surface area contributed by atoms with Crippen molar-refractivity contribution in [2.45, 2.75) is 130 Å². The molecule has 0 aromatic heterocycles. The van der Waals surface area contributed by atoms with Gasteiger partial charge in [0.05, 0.1) is 0 Å². The molecule has 4 heteroatoms. The van der Waals surface area contributed by atoms with Gasteiger partial charge in [0, 0.05) is 5.41 Å². The van der Waals surface area contributed by atoms with Crippen LogP contribution >= 0.6 is 12.4 Å². The van der Waals surface area contributed by atoms with Crippen LogP contribution in [0.4, 0.5) is 0 Å². The number of hydrogen-bond acceptors (Lipinski definition) is 2. The van der Waals surface area contributed by atoms with E-state index < -0.39 is 0 Å². The van der Waals surface area contributed by atoms with Crippen molar-refractivity contribution < 1.29 is 4.79 Å². The van der Waals surface area contributed by atoms with Crippen LogP contribution in [0.1, 0.15) is 130 Å². The average molecular weight is 407 g/mol. The van der Waals surface area contributed by atoms with Crippen molar-refractivity contribution in [2.75, 3.05) is 7.05 Å². The predicted octanol–water partition coefficient (Wildman–Crippen LogP) is 7.15. The summed E-state index contributed by atoms with van der Waals surface area (Å²) in [5.74, 6) is -0.0952. The molecule has 0 aliphatic heterocycles. The van der Waals surface area contributed by atoms with E-state index in [9.17, 15) is 4.79 Å². The molecular formula is C23H51ClN2O. The van der Waals surface area contributed by atoms with Crippen molar-refractivity contribution in [2.24, 2.45) is 16.9 Å². The van der Waals surface area contributed by atoms with Gasteiger partial charge in [0.15, 0.2) is 0 Å². The van der Waals surface area contributed by atoms with E-state index in [1.165, 1.54) is 90.5 Å². The van der Waals surface area contributed by atoms with Gasteiger partial charge in [-0.25, -0.2) is 0 Å². The molecule has 0 fully saturated rings. The summed E-state index contributed by atoms with van der Waals surface area (Å²) in [7, 11) is 1.50. The molecule has 0 atom stereocenters. The second-order valence-electron chi connectivity index (χ2n) is 7.70. The minimum absolute atomic E-state index is 0. The second-order valence-corrected chi connectivity index (χ2v) is 7.70. The van der Waals surface area contributed by atoms with Crippen molar-refractivity contribution in [1.82, 2.24) is 0 Å². The molecule has 3 nitrogen and oxygen atoms in total. The third-order valence-electron chi connectivity index (χ3n) is 5.89. The molecule has 0 saturated carbocycles. The topological polar surface area (TPSA) is 69.1 Å². The molecule has 27 heavy (non-hydrogen) atoms. The third kappa shape index (κ3) is 17.5. The smallest absolute Gasteiger partial charge is 0.223 e. The maximum absolute atomic E-state index is 11.7. The average Bonchev–Trinajstić information content (AvgIpc) is 2.67. The summed E-state index contributed by atoms with van der Waals surface area (Å²) in [5, 5.41) is 0. The molecule has 4 N–H and O–H groups in total. The van der Waals surface area contributed by atoms with Crippen LogP contribution in [0.2, 0.25) is 0 Å². The molecule has 166 valence electrons. The number of amides is 1. The predicted molar refractivity (Wildman–Crippen MR) is 124 cm³/mol. The number of carbonyl (C=O) groups excluding carboxylic acids is 1. The highest BCUT2D eigenvalue weighted by atomic mass is 35.5. The van der Waals surface area contributed by atoms with Gasteiger partial charge in [0.25, 0.3) is 0 Å². The maximum Gasteiger partial charge on any atom is 0.223 e. The van der Waals surface area contributed by atoms with Gasteiger partial charge in [-0.1, -0.05) is 111 Å². The fourth-order valence-corrected chi connectivity index (χ4v) is 3.73. The first-order valence-electron chi connectivity index (χ1n) is 11.5. The van der Waals surface area contributed by atoms with Gasteiger partial charge in [-0.3, -0.25) is 4.79 Å². The fraction of sp³-hybridized carbons (Fsp3) is 0.957. The first kappa shape index (κ1) is 31.4. The van der Waals surface area contributed by atoms with Crippen LogP contribution in [0.25, 0.3) is 0 Å². The summed E-state index contributed by atoms with van der Waals surface area (Å²) in [6, 6.07) is 0. The molecule has 0 bridgehead atoms. The lowest BCUT2D eigenvalue weighted by Crippen LogP contribution is -2.36. The maximum atomic E-state index is 11.7. The van der Waals surface area contributed by atoms with E-state index >= 15 is 0 Å². The number of rotatable bonds is 18. The molecule has 0 aromatic carbocycles. The van der Waals surface area contributed by atoms with E-state index in [1.54, 1.807) is 0 Å². The van der Waals surface area contributed by atoms with Crippen LogP contribution in [0.3, 0.4) is 0 Å². The molecule has 0 saturated heterocycles. The zero-order valence-corrected chi connectivity index (χ0v) is 19.8. The first-order chi connectivity index (χ1) is 12.6. The lowest BCUT2D eigenvalue weighted by molar-refractivity contribution is -0.128. The number of carbonyl (C=O) groups is 1. The summed E-state index contributed by atoms with van der Waals surface area (Å²) >= 11 is 0. The number of nitrogens with two attached hydrogens (primary N) is 2. The van der Waals surface area contributed by atoms with Gasteiger partial charge in [-0.05, 0) is 26.3 Å². The first-order valence-corrected chi connectivity index (χ1v) is 11.5. The summed E-state index contributed by atoms with van der Waals surface area (Å²) in [6.07, 6.45) is 22.0. The van der Waals surface area contributed by atoms with Crippen molar-refractivity contribution >= 4 is 18.3 Å². The van der Waals surface area contributed by atoms with Crippen LogP contribution in [0.15, 0.2) is 0 Å². The molecule has 0 aliphatic carbocycles. The molecule has 0 heterocycles. The van der Waals surface area contributed by atoms with E-state index in [4.69, 9.17) is 5.73 Å². The van der Waals surface area contributed by atoms with Crippen molar-refractivity contribution in [3.63, 3.8) is 0 Å². The van der Waals surface area contributed by atoms with Crippen LogP contribution in [-0.4, -0.2) is 13.0 Å². The number of primary amides is 1. The van der Waals surface area contributed by atoms with Crippen LogP contribution < -0.4 is 11.5 Å². The highest BCUT2D eigenvalue weighted by Crippen LogP contribution is 2.32. The Bertz CT molecular complexity index is 294. The fourth-order valence-electron chi connectivity index (χ4n) is 3.73. The van der Waals surface area contributed by atoms with Crippen LogP contribution in [-0.2, 0) is 4.79 Å². The zero-order chi connectivity index (χ0) is 20.1. The minimum atomic E-state index is -0.239. The van der Waals surface area contributed by atoms with E-state index in [0.717, 1.165) is 25.7 Å². The molecular weight excluding hydrogens is 356 g/mol. The second kappa shape index (κ2) is 23.8. The summed E-state index contributed by atoms with van der Waals surface area (Å²) in [5.41, 5.74) is 9.87. The standard InChI is InChI=1S/C22H45NO.CH5N.ClH/c1-4-7-8-9-10-11-12-13-14-15-16-17-18-19-20-22(5-2,6-3)21(23)24;1-2;/h4-20H2,1-3H3,(H2,23,24);2H2,1H3;1H. The highest BCUT2D eigenvalue weighted by molar-refractivity contribution is 5.85. The zero-order valence-electron chi connectivity index (χ0n) is 19.0. The summed E-state index contributed by atoms with van der Waals surface area (Å²) < 4.78 is 0. The Kier molecular flexibility index (Phi) is 27.6. The number of halogens is 1. The molecule has 0 unspecified atom stereocenters. The Morgan fingerprint density at radius 1 is 0.630 bits per heavy atom. The molecule has 0 aromatic rings. The van der Waals surface area contributed by atoms with Gasteiger partial charge < -0.3 is 11.5 Å². The van der Waals surface area contributed by atoms with Gasteiger partial charge in [-0.15, -0.1) is 12.4 Å². The largest absolute Gasteiger partial charge is 0.369 e. The van der Waals surface area contributed by atoms with Gasteiger partial charge in [0.2, 0.25) is 5.91 Å². The van der Waals surface area contributed by atoms with Crippen LogP contribution in [0, 0.1) is 5.41 Å². The van der Waals surface area contributed by atoms with Gasteiger partial charge in [-0.2, -0.15) is 0 Å². The quantitative estimate of drug-likeness (QED) is 0.237. The number of unbranched alkanes of at least 4 members (excludes halogenated alkanes) is 13. The molecule has 0 spiro atoms. The van der Waals surface area contributed by atoms with Crippen molar-refractivity contribution in [1.29, 1.82) is 0 Å². The van der Waals surface area contributed by atoms with Crippen molar-refractivity contribution in [3.8, 4) is 0 Å². The molecule has 0 aliphatic rings. The van der Waals surface area contributed by atoms with E-state index in [1.807, 2.05) is 0 Å². The summed E-state index contributed by atoms with van der Waals surface area (Å²) in [4.78, 5) is 11.7. The molecule has 0 radical (unpaired) electrons. The van der Waals surface area contributed by atoms with Crippen LogP contribution in [0.5, 0.6) is 0 Å². The van der Waals surface area contributed by atoms with E-state index in [0.29, 0.717) is 0 Å². The van der Waals surface area contributed by atoms with Crippen molar-refractivity contribution in [3.05, 3.63) is 0 Å². The summed E-state index contributed by atoms with van der Waals surface area (Å²) in [6.45, 7) is 6.47. The Balaban J connectivity index is -0.00000185. The lowest BCUT2D eigenvalue weighted by atomic mass is 9.77. The Morgan fingerprint density at radius 3 is 1.19 bits per heavy atom. The van der Waals surface area contributed by atoms with Gasteiger partial charge in [0.1, 0.15) is 0 Å². The monoisotopic (exact) mass is 406 g/mol. The SMILES string of the molecule is CCCCCCCCCCCCCCCCC(CC)(CC)C(N)=O.CN.Cl. The third-order valence-corrected chi connectivity index (χ3v) is 5.89. The normalized spacial score (nSPS) is 10.7. The number of hydrogen-bond donors (Lipinski definition) is 2. The Hall–Kier alpha value is -0.280. The van der Waals surface area contributed by atoms with Gasteiger partial charge >= 0.3 is 0 Å². The Morgan fingerprint density at radius 2 is 0.926 bits per heavy atom. The van der Waals surface area contributed by atoms with E-state index in [-0.39, 0.29) is 23.7 Å². The molecule has 1 amide bonds. The van der Waals surface area contributed by atoms with E-state index in [2.05, 4.69) is 26.5 Å². The Labute approximate surface area is 177 Å². The lowest BCUT2D eigenvalue weighted by Gasteiger charge is -2.27. The minimum Gasteiger partial charge on any atom is -0.369 e. The molecule has 0 rings (SSSR count). The highest BCUT2D eigenvalue weighted by Gasteiger charge is 2.31.